The molecule has 0 saturated carbocycles. The molecule has 0 aliphatic rings. The highest BCUT2D eigenvalue weighted by Crippen LogP contribution is 1.98. The summed E-state index contributed by atoms with van der Waals surface area (Å²) in [5.74, 6) is 0.556. The van der Waals surface area contributed by atoms with Crippen molar-refractivity contribution in [1.82, 2.24) is 0 Å². The molecule has 0 aliphatic carbocycles. The first-order valence-corrected chi connectivity index (χ1v) is 4.70. The van der Waals surface area contributed by atoms with Gasteiger partial charge >= 0.3 is 0 Å². The van der Waals surface area contributed by atoms with Gasteiger partial charge in [0, 0.05) is 5.88 Å². The van der Waals surface area contributed by atoms with E-state index >= 15 is 0 Å². The zero-order valence-corrected chi connectivity index (χ0v) is 8.50. The van der Waals surface area contributed by atoms with E-state index in [0.717, 1.165) is 6.42 Å². The first kappa shape index (κ1) is 12.0. The van der Waals surface area contributed by atoms with Gasteiger partial charge in [-0.25, -0.2) is 0 Å². The Bertz CT molecular complexity index is 226. The zero-order chi connectivity index (χ0) is 9.94. The number of allylic oxidation sites excluding steroid dienone is 2. The molecule has 13 heavy (non-hydrogen) atoms. The molecule has 0 aliphatic heterocycles. The number of halogens is 1. The molecule has 0 saturated heterocycles. The lowest BCUT2D eigenvalue weighted by Gasteiger charge is -1.91. The lowest BCUT2D eigenvalue weighted by molar-refractivity contribution is 1.28. The summed E-state index contributed by atoms with van der Waals surface area (Å²) in [6.45, 7) is 7.00. The Morgan fingerprint density at radius 3 is 2.00 bits per heavy atom. The van der Waals surface area contributed by atoms with Crippen LogP contribution in [0, 0.1) is 0 Å². The van der Waals surface area contributed by atoms with E-state index in [2.05, 4.69) is 25.3 Å². The zero-order valence-electron chi connectivity index (χ0n) is 7.75. The molecule has 0 nitrogen and oxygen atoms in total. The summed E-state index contributed by atoms with van der Waals surface area (Å²) in [6.07, 6.45) is 4.53. The van der Waals surface area contributed by atoms with Crippen LogP contribution >= 0.6 is 11.6 Å². The van der Waals surface area contributed by atoms with Crippen molar-refractivity contribution in [2.24, 2.45) is 0 Å². The van der Waals surface area contributed by atoms with Gasteiger partial charge < -0.3 is 0 Å². The summed E-state index contributed by atoms with van der Waals surface area (Å²) in [5, 5.41) is 0. The van der Waals surface area contributed by atoms with E-state index in [1.807, 2.05) is 24.3 Å². The molecule has 0 heterocycles. The van der Waals surface area contributed by atoms with Crippen LogP contribution in [0.2, 0.25) is 0 Å². The molecule has 0 spiro atoms. The Labute approximate surface area is 85.6 Å². The smallest absolute Gasteiger partial charge is 0.0401 e. The summed E-state index contributed by atoms with van der Waals surface area (Å²) in [4.78, 5) is 0. The fourth-order valence-electron chi connectivity index (χ4n) is 0.781. The average molecular weight is 195 g/mol. The van der Waals surface area contributed by atoms with Crippen molar-refractivity contribution in [2.45, 2.75) is 6.42 Å². The van der Waals surface area contributed by atoms with Gasteiger partial charge in [0.25, 0.3) is 0 Å². The van der Waals surface area contributed by atoms with Crippen molar-refractivity contribution in [1.29, 1.82) is 0 Å². The Balaban J connectivity index is 0.000000310. The van der Waals surface area contributed by atoms with Gasteiger partial charge in [0.15, 0.2) is 0 Å². The maximum absolute atomic E-state index is 5.07. The van der Waals surface area contributed by atoms with Crippen LogP contribution in [-0.2, 0) is 6.42 Å². The van der Waals surface area contributed by atoms with Crippen molar-refractivity contribution in [3.8, 4) is 0 Å². The molecule has 0 unspecified atom stereocenters. The summed E-state index contributed by atoms with van der Waals surface area (Å²) < 4.78 is 0. The predicted molar refractivity (Wildman–Crippen MR) is 61.3 cm³/mol. The minimum Gasteiger partial charge on any atom is -0.122 e. The van der Waals surface area contributed by atoms with Crippen LogP contribution < -0.4 is 0 Å². The second-order valence-corrected chi connectivity index (χ2v) is 2.73. The van der Waals surface area contributed by atoms with Gasteiger partial charge in [0.2, 0.25) is 0 Å². The molecule has 0 aromatic heterocycles. The van der Waals surface area contributed by atoms with Crippen molar-refractivity contribution in [3.63, 3.8) is 0 Å². The lowest BCUT2D eigenvalue weighted by Crippen LogP contribution is -1.75. The van der Waals surface area contributed by atoms with Gasteiger partial charge in [-0.1, -0.05) is 42.5 Å². The lowest BCUT2D eigenvalue weighted by atomic mass is 10.2. The first-order valence-electron chi connectivity index (χ1n) is 4.16. The molecule has 0 atom stereocenters. The quantitative estimate of drug-likeness (QED) is 0.507. The van der Waals surface area contributed by atoms with Crippen LogP contribution in [0.1, 0.15) is 5.56 Å². The van der Waals surface area contributed by atoms with E-state index in [1.165, 1.54) is 5.56 Å². The normalized spacial score (nSPS) is 8.08. The molecule has 70 valence electrons. The highest BCUT2D eigenvalue weighted by molar-refractivity contribution is 6.18. The number of hydrogen-bond acceptors (Lipinski definition) is 0. The Morgan fingerprint density at radius 2 is 1.62 bits per heavy atom. The van der Waals surface area contributed by atoms with Crippen LogP contribution in [0.25, 0.3) is 0 Å². The second-order valence-electron chi connectivity index (χ2n) is 2.42. The van der Waals surface area contributed by atoms with E-state index in [-0.39, 0.29) is 0 Å². The fraction of sp³-hybridized carbons (Fsp3) is 0.167. The molecule has 1 rings (SSSR count). The number of rotatable bonds is 3. The van der Waals surface area contributed by atoms with Crippen molar-refractivity contribution >= 4 is 11.6 Å². The van der Waals surface area contributed by atoms with Crippen molar-refractivity contribution in [2.75, 3.05) is 5.88 Å². The van der Waals surface area contributed by atoms with Crippen molar-refractivity contribution in [3.05, 3.63) is 61.2 Å². The molecule has 1 aromatic rings. The van der Waals surface area contributed by atoms with Gasteiger partial charge in [0.1, 0.15) is 0 Å². The minimum absolute atomic E-state index is 0.556. The Kier molecular flexibility index (Phi) is 8.38. The molecule has 0 amide bonds. The van der Waals surface area contributed by atoms with Gasteiger partial charge in [-0.05, 0) is 12.0 Å². The van der Waals surface area contributed by atoms with E-state index in [0.29, 0.717) is 5.88 Å². The maximum atomic E-state index is 5.07. The standard InChI is InChI=1S/C9H10.C3H5Cl/c1-2-6-9-7-4-3-5-8-9;1-2-3-4/h2-5,7-8H,1,6H2;2H,1,3H2. The van der Waals surface area contributed by atoms with Crippen LogP contribution in [0.15, 0.2) is 55.6 Å². The third-order valence-electron chi connectivity index (χ3n) is 1.33. The van der Waals surface area contributed by atoms with Crippen LogP contribution in [0.3, 0.4) is 0 Å². The summed E-state index contributed by atoms with van der Waals surface area (Å²) >= 11 is 5.07. The monoisotopic (exact) mass is 194 g/mol. The van der Waals surface area contributed by atoms with Crippen LogP contribution in [-0.4, -0.2) is 5.88 Å². The SMILES string of the molecule is C=CCCl.C=CCc1ccccc1. The molecular formula is C12H15Cl. The largest absolute Gasteiger partial charge is 0.122 e. The van der Waals surface area contributed by atoms with E-state index in [1.54, 1.807) is 6.08 Å². The topological polar surface area (TPSA) is 0 Å². The summed E-state index contributed by atoms with van der Waals surface area (Å²) in [6, 6.07) is 10.3. The van der Waals surface area contributed by atoms with Gasteiger partial charge in [-0.15, -0.1) is 24.8 Å². The molecular weight excluding hydrogens is 180 g/mol. The first-order chi connectivity index (χ1) is 6.35. The van der Waals surface area contributed by atoms with E-state index in [4.69, 9.17) is 11.6 Å². The predicted octanol–water partition coefficient (Wildman–Crippen LogP) is 3.83. The maximum Gasteiger partial charge on any atom is 0.0401 e. The van der Waals surface area contributed by atoms with Crippen LogP contribution in [0.4, 0.5) is 0 Å². The molecule has 0 radical (unpaired) electrons. The minimum atomic E-state index is 0.556. The van der Waals surface area contributed by atoms with Gasteiger partial charge in [-0.2, -0.15) is 0 Å². The molecule has 0 N–H and O–H groups in total. The fourth-order valence-corrected chi connectivity index (χ4v) is 0.781. The third-order valence-corrected chi connectivity index (χ3v) is 1.55. The number of benzene rings is 1. The Morgan fingerprint density at radius 1 is 1.08 bits per heavy atom. The van der Waals surface area contributed by atoms with E-state index < -0.39 is 0 Å². The Hall–Kier alpha value is -1.01. The molecule has 1 aromatic carbocycles. The summed E-state index contributed by atoms with van der Waals surface area (Å²) in [7, 11) is 0. The summed E-state index contributed by atoms with van der Waals surface area (Å²) in [5.41, 5.74) is 1.33. The number of hydrogen-bond donors (Lipinski definition) is 0. The average Bonchev–Trinajstić information content (AvgIpc) is 2.20. The molecule has 0 fully saturated rings. The molecule has 1 heteroatoms. The van der Waals surface area contributed by atoms with Gasteiger partial charge in [0.05, 0.1) is 0 Å². The highest BCUT2D eigenvalue weighted by Gasteiger charge is 1.82. The highest BCUT2D eigenvalue weighted by atomic mass is 35.5. The van der Waals surface area contributed by atoms with Gasteiger partial charge in [-0.3, -0.25) is 0 Å². The van der Waals surface area contributed by atoms with Crippen molar-refractivity contribution < 1.29 is 0 Å². The second kappa shape index (κ2) is 9.08. The van der Waals surface area contributed by atoms with Crippen LogP contribution in [0.5, 0.6) is 0 Å². The molecule has 0 bridgehead atoms. The third kappa shape index (κ3) is 7.35. The van der Waals surface area contributed by atoms with E-state index in [9.17, 15) is 0 Å². The number of alkyl halides is 1.